The number of imidazole rings is 1. The van der Waals surface area contributed by atoms with Crippen molar-refractivity contribution in [1.29, 1.82) is 0 Å². The molecule has 0 spiro atoms. The van der Waals surface area contributed by atoms with Crippen LogP contribution in [0.3, 0.4) is 0 Å². The Bertz CT molecular complexity index is 1020. The molecule has 0 saturated carbocycles. The zero-order valence-electron chi connectivity index (χ0n) is 12.2. The van der Waals surface area contributed by atoms with Crippen LogP contribution in [-0.4, -0.2) is 25.6 Å². The van der Waals surface area contributed by atoms with E-state index in [-0.39, 0.29) is 6.42 Å². The molecule has 0 aliphatic heterocycles. The van der Waals surface area contributed by atoms with Crippen molar-refractivity contribution in [1.82, 2.24) is 14.5 Å². The van der Waals surface area contributed by atoms with E-state index in [4.69, 9.17) is 5.11 Å². The normalized spacial score (nSPS) is 11.1. The smallest absolute Gasteiger partial charge is 0.307 e. The number of benzene rings is 2. The zero-order valence-corrected chi connectivity index (χ0v) is 12.2. The van der Waals surface area contributed by atoms with Gasteiger partial charge in [-0.25, -0.2) is 4.98 Å². The van der Waals surface area contributed by atoms with Gasteiger partial charge in [0.05, 0.1) is 23.7 Å². The zero-order chi connectivity index (χ0) is 15.8. The lowest BCUT2D eigenvalue weighted by atomic mass is 10.1. The summed E-state index contributed by atoms with van der Waals surface area (Å²) < 4.78 is 2.00. The molecule has 0 saturated heterocycles. The minimum atomic E-state index is -0.831. The molecule has 4 aromatic rings. The van der Waals surface area contributed by atoms with Crippen molar-refractivity contribution in [3.8, 4) is 5.69 Å². The van der Waals surface area contributed by atoms with E-state index in [1.165, 1.54) is 0 Å². The molecule has 5 heteroatoms. The molecule has 112 valence electrons. The second kappa shape index (κ2) is 5.21. The van der Waals surface area contributed by atoms with Gasteiger partial charge in [0.1, 0.15) is 11.8 Å². The summed E-state index contributed by atoms with van der Waals surface area (Å²) in [6.07, 6.45) is 3.57. The first kappa shape index (κ1) is 13.5. The van der Waals surface area contributed by atoms with Gasteiger partial charge in [-0.1, -0.05) is 30.3 Å². The Hall–Kier alpha value is -3.21. The molecule has 0 aliphatic rings. The number of fused-ring (bicyclic) bond motifs is 3. The number of carboxylic acid groups (broad SMARTS) is 1. The fourth-order valence-corrected chi connectivity index (χ4v) is 2.79. The third-order valence-corrected chi connectivity index (χ3v) is 3.85. The van der Waals surface area contributed by atoms with Crippen LogP contribution >= 0.6 is 0 Å². The summed E-state index contributed by atoms with van der Waals surface area (Å²) in [5, 5.41) is 9.90. The van der Waals surface area contributed by atoms with Crippen molar-refractivity contribution in [3.63, 3.8) is 0 Å². The predicted octanol–water partition coefficient (Wildman–Crippen LogP) is 3.20. The van der Waals surface area contributed by atoms with Crippen LogP contribution < -0.4 is 0 Å². The van der Waals surface area contributed by atoms with Gasteiger partial charge in [-0.05, 0) is 23.8 Å². The third kappa shape index (κ3) is 2.32. The number of carboxylic acids is 1. The van der Waals surface area contributed by atoms with Crippen LogP contribution in [-0.2, 0) is 11.2 Å². The molecule has 1 N–H and O–H groups in total. The van der Waals surface area contributed by atoms with E-state index in [2.05, 4.69) is 9.97 Å². The van der Waals surface area contributed by atoms with Crippen molar-refractivity contribution in [2.45, 2.75) is 6.42 Å². The quantitative estimate of drug-likeness (QED) is 0.631. The van der Waals surface area contributed by atoms with Gasteiger partial charge in [-0.15, -0.1) is 0 Å². The van der Waals surface area contributed by atoms with Crippen molar-refractivity contribution in [3.05, 3.63) is 66.6 Å². The first-order chi connectivity index (χ1) is 11.2. The number of hydrogen-bond donors (Lipinski definition) is 1. The lowest BCUT2D eigenvalue weighted by Gasteiger charge is -2.07. The van der Waals surface area contributed by atoms with Crippen LogP contribution in [0.25, 0.3) is 27.6 Å². The van der Waals surface area contributed by atoms with Gasteiger partial charge in [-0.2, -0.15) is 0 Å². The van der Waals surface area contributed by atoms with Gasteiger partial charge in [0, 0.05) is 11.1 Å². The number of hydrogen-bond acceptors (Lipinski definition) is 3. The van der Waals surface area contributed by atoms with Crippen LogP contribution in [0.15, 0.2) is 61.1 Å². The number of rotatable bonds is 3. The summed E-state index contributed by atoms with van der Waals surface area (Å²) in [7, 11) is 0. The molecule has 23 heavy (non-hydrogen) atoms. The number of aromatic nitrogens is 3. The standard InChI is InChI=1S/C18H13N3O2/c22-17(23)9-12-5-7-13(8-6-12)21-11-20-16-10-19-15-4-2-1-3-14(15)18(16)21/h1-8,10-11H,9H2,(H,22,23). The van der Waals surface area contributed by atoms with Gasteiger partial charge in [-0.3, -0.25) is 14.3 Å². The molecule has 0 fully saturated rings. The molecule has 4 rings (SSSR count). The molecule has 0 bridgehead atoms. The average Bonchev–Trinajstić information content (AvgIpc) is 2.99. The number of para-hydroxylation sites is 1. The second-order valence-electron chi connectivity index (χ2n) is 5.36. The number of aliphatic carboxylic acids is 1. The molecule has 2 aromatic heterocycles. The van der Waals surface area contributed by atoms with Crippen LogP contribution in [0.1, 0.15) is 5.56 Å². The monoisotopic (exact) mass is 303 g/mol. The van der Waals surface area contributed by atoms with Crippen LogP contribution in [0.2, 0.25) is 0 Å². The molecule has 2 heterocycles. The highest BCUT2D eigenvalue weighted by atomic mass is 16.4. The van der Waals surface area contributed by atoms with E-state index in [9.17, 15) is 4.79 Å². The largest absolute Gasteiger partial charge is 0.481 e. The van der Waals surface area contributed by atoms with Crippen molar-refractivity contribution >= 4 is 27.9 Å². The second-order valence-corrected chi connectivity index (χ2v) is 5.36. The van der Waals surface area contributed by atoms with Gasteiger partial charge in [0.15, 0.2) is 0 Å². The maximum Gasteiger partial charge on any atom is 0.307 e. The van der Waals surface area contributed by atoms with E-state index in [0.717, 1.165) is 33.2 Å². The van der Waals surface area contributed by atoms with Crippen LogP contribution in [0.5, 0.6) is 0 Å². The molecular formula is C18H13N3O2. The van der Waals surface area contributed by atoms with E-state index in [0.29, 0.717) is 0 Å². The maximum absolute atomic E-state index is 10.8. The first-order valence-electron chi connectivity index (χ1n) is 7.24. The van der Waals surface area contributed by atoms with E-state index < -0.39 is 5.97 Å². The van der Waals surface area contributed by atoms with E-state index in [1.54, 1.807) is 12.5 Å². The number of pyridine rings is 1. The Morgan fingerprint density at radius 3 is 2.57 bits per heavy atom. The minimum Gasteiger partial charge on any atom is -0.481 e. The summed E-state index contributed by atoms with van der Waals surface area (Å²) in [6.45, 7) is 0. The highest BCUT2D eigenvalue weighted by Gasteiger charge is 2.09. The molecule has 0 aliphatic carbocycles. The highest BCUT2D eigenvalue weighted by Crippen LogP contribution is 2.25. The maximum atomic E-state index is 10.8. The number of nitrogens with zero attached hydrogens (tertiary/aromatic N) is 3. The SMILES string of the molecule is O=C(O)Cc1ccc(-n2cnc3cnc4ccccc4c32)cc1. The van der Waals surface area contributed by atoms with Gasteiger partial charge in [0.25, 0.3) is 0 Å². The molecule has 0 unspecified atom stereocenters. The van der Waals surface area contributed by atoms with Crippen LogP contribution in [0, 0.1) is 0 Å². The first-order valence-corrected chi connectivity index (χ1v) is 7.24. The molecule has 0 radical (unpaired) electrons. The Kier molecular flexibility index (Phi) is 3.05. The van der Waals surface area contributed by atoms with Gasteiger partial charge < -0.3 is 5.11 Å². The molecular weight excluding hydrogens is 290 g/mol. The van der Waals surface area contributed by atoms with Crippen LogP contribution in [0.4, 0.5) is 0 Å². The minimum absolute atomic E-state index is 0.0256. The number of carbonyl (C=O) groups is 1. The molecule has 5 nitrogen and oxygen atoms in total. The van der Waals surface area contributed by atoms with Gasteiger partial charge >= 0.3 is 5.97 Å². The van der Waals surface area contributed by atoms with Gasteiger partial charge in [0.2, 0.25) is 0 Å². The Labute approximate surface area is 131 Å². The van der Waals surface area contributed by atoms with Crippen molar-refractivity contribution in [2.75, 3.05) is 0 Å². The molecule has 0 atom stereocenters. The highest BCUT2D eigenvalue weighted by molar-refractivity contribution is 6.02. The molecule has 2 aromatic carbocycles. The topological polar surface area (TPSA) is 68.0 Å². The Morgan fingerprint density at radius 1 is 1.00 bits per heavy atom. The van der Waals surface area contributed by atoms with E-state index in [1.807, 2.05) is 53.1 Å². The summed E-state index contributed by atoms with van der Waals surface area (Å²) >= 11 is 0. The van der Waals surface area contributed by atoms with Crippen molar-refractivity contribution in [2.24, 2.45) is 0 Å². The fraction of sp³-hybridized carbons (Fsp3) is 0.0556. The Balaban J connectivity index is 1.88. The van der Waals surface area contributed by atoms with E-state index >= 15 is 0 Å². The Morgan fingerprint density at radius 2 is 1.78 bits per heavy atom. The summed E-state index contributed by atoms with van der Waals surface area (Å²) in [4.78, 5) is 19.6. The molecule has 0 amide bonds. The summed E-state index contributed by atoms with van der Waals surface area (Å²) in [5.41, 5.74) is 4.47. The van der Waals surface area contributed by atoms with Crippen molar-refractivity contribution < 1.29 is 9.90 Å². The summed E-state index contributed by atoms with van der Waals surface area (Å²) in [5.74, 6) is -0.831. The predicted molar refractivity (Wildman–Crippen MR) is 87.7 cm³/mol. The third-order valence-electron chi connectivity index (χ3n) is 3.85. The fourth-order valence-electron chi connectivity index (χ4n) is 2.79. The lowest BCUT2D eigenvalue weighted by molar-refractivity contribution is -0.136. The summed E-state index contributed by atoms with van der Waals surface area (Å²) in [6, 6.07) is 15.4. The lowest BCUT2D eigenvalue weighted by Crippen LogP contribution is -2.00. The average molecular weight is 303 g/mol.